The first-order valence-electron chi connectivity index (χ1n) is 8.30. The van der Waals surface area contributed by atoms with Crippen LogP contribution in [0.2, 0.25) is 0 Å². The van der Waals surface area contributed by atoms with Gasteiger partial charge in [0.2, 0.25) is 0 Å². The number of hydrogen-bond acceptors (Lipinski definition) is 3. The average Bonchev–Trinajstić information content (AvgIpc) is 2.57. The molecule has 3 N–H and O–H groups in total. The van der Waals surface area contributed by atoms with Gasteiger partial charge in [-0.2, -0.15) is 0 Å². The van der Waals surface area contributed by atoms with E-state index in [0.29, 0.717) is 11.9 Å². The monoisotopic (exact) mass is 447 g/mol. The SMILES string of the molecule is CCC1(CC)C(N=C(N)Nc2ccccc2OC)C(C)C1OC.I. The molecule has 1 aliphatic rings. The Balaban J connectivity index is 0.00000288. The number of benzene rings is 1. The maximum absolute atomic E-state index is 6.16. The van der Waals surface area contributed by atoms with E-state index >= 15 is 0 Å². The Morgan fingerprint density at radius 1 is 1.25 bits per heavy atom. The molecule has 2 rings (SSSR count). The largest absolute Gasteiger partial charge is 0.495 e. The highest BCUT2D eigenvalue weighted by Gasteiger charge is 2.58. The van der Waals surface area contributed by atoms with Gasteiger partial charge in [-0.1, -0.05) is 32.9 Å². The number of nitrogens with two attached hydrogens (primary N) is 1. The van der Waals surface area contributed by atoms with Crippen LogP contribution in [0.4, 0.5) is 5.69 Å². The maximum atomic E-state index is 6.16. The third kappa shape index (κ3) is 3.64. The van der Waals surface area contributed by atoms with Crippen LogP contribution in [-0.2, 0) is 4.74 Å². The van der Waals surface area contributed by atoms with Crippen LogP contribution in [0.1, 0.15) is 33.6 Å². The number of rotatable bonds is 6. The lowest BCUT2D eigenvalue weighted by Gasteiger charge is -2.57. The fraction of sp³-hybridized carbons (Fsp3) is 0.611. The summed E-state index contributed by atoms with van der Waals surface area (Å²) in [4.78, 5) is 4.78. The number of aliphatic imine (C=N–C) groups is 1. The Bertz CT molecular complexity index is 561. The molecule has 5 nitrogen and oxygen atoms in total. The van der Waals surface area contributed by atoms with Gasteiger partial charge in [0, 0.05) is 18.4 Å². The van der Waals surface area contributed by atoms with E-state index < -0.39 is 0 Å². The van der Waals surface area contributed by atoms with Crippen molar-refractivity contribution in [3.63, 3.8) is 0 Å². The van der Waals surface area contributed by atoms with Gasteiger partial charge < -0.3 is 20.5 Å². The highest BCUT2D eigenvalue weighted by Crippen LogP contribution is 2.54. The summed E-state index contributed by atoms with van der Waals surface area (Å²) in [5.74, 6) is 1.53. The second-order valence-corrected chi connectivity index (χ2v) is 6.24. The van der Waals surface area contributed by atoms with Crippen LogP contribution >= 0.6 is 24.0 Å². The first kappa shape index (κ1) is 21.0. The molecule has 0 saturated heterocycles. The predicted octanol–water partition coefficient (Wildman–Crippen LogP) is 3.88. The van der Waals surface area contributed by atoms with E-state index in [1.165, 1.54) is 0 Å². The van der Waals surface area contributed by atoms with E-state index in [0.717, 1.165) is 24.3 Å². The van der Waals surface area contributed by atoms with Gasteiger partial charge in [-0.05, 0) is 25.0 Å². The van der Waals surface area contributed by atoms with E-state index in [9.17, 15) is 0 Å². The first-order valence-corrected chi connectivity index (χ1v) is 8.30. The maximum Gasteiger partial charge on any atom is 0.193 e. The van der Waals surface area contributed by atoms with Gasteiger partial charge in [-0.15, -0.1) is 24.0 Å². The fourth-order valence-corrected chi connectivity index (χ4v) is 4.10. The summed E-state index contributed by atoms with van der Waals surface area (Å²) in [6.07, 6.45) is 2.30. The van der Waals surface area contributed by atoms with Gasteiger partial charge >= 0.3 is 0 Å². The van der Waals surface area contributed by atoms with Crippen molar-refractivity contribution >= 4 is 35.6 Å². The number of ether oxygens (including phenoxy) is 2. The number of guanidine groups is 1. The number of hydrogen-bond donors (Lipinski definition) is 2. The summed E-state index contributed by atoms with van der Waals surface area (Å²) in [6.45, 7) is 6.59. The van der Waals surface area contributed by atoms with E-state index in [1.807, 2.05) is 24.3 Å². The zero-order valence-electron chi connectivity index (χ0n) is 15.2. The quantitative estimate of drug-likeness (QED) is 0.395. The van der Waals surface area contributed by atoms with Crippen molar-refractivity contribution in [2.45, 2.75) is 45.8 Å². The predicted molar refractivity (Wildman–Crippen MR) is 110 cm³/mol. The normalized spacial score (nSPS) is 25.4. The fourth-order valence-electron chi connectivity index (χ4n) is 4.10. The molecular formula is C18H30IN3O2. The number of halogens is 1. The molecule has 3 atom stereocenters. The third-order valence-corrected chi connectivity index (χ3v) is 5.35. The molecule has 0 aliphatic heterocycles. The van der Waals surface area contributed by atoms with Crippen molar-refractivity contribution in [1.82, 2.24) is 0 Å². The zero-order valence-corrected chi connectivity index (χ0v) is 17.5. The molecular weight excluding hydrogens is 417 g/mol. The molecule has 0 aromatic heterocycles. The minimum Gasteiger partial charge on any atom is -0.495 e. The van der Waals surface area contributed by atoms with Gasteiger partial charge in [0.25, 0.3) is 0 Å². The van der Waals surface area contributed by atoms with Gasteiger partial charge in [-0.3, -0.25) is 0 Å². The Hall–Kier alpha value is -1.02. The Labute approximate surface area is 162 Å². The minimum absolute atomic E-state index is 0. The lowest BCUT2D eigenvalue weighted by atomic mass is 9.53. The number of nitrogens with one attached hydrogen (secondary N) is 1. The van der Waals surface area contributed by atoms with E-state index in [1.54, 1.807) is 14.2 Å². The topological polar surface area (TPSA) is 68.9 Å². The first-order chi connectivity index (χ1) is 11.0. The summed E-state index contributed by atoms with van der Waals surface area (Å²) < 4.78 is 11.0. The molecule has 0 spiro atoms. The van der Waals surface area contributed by atoms with E-state index in [4.69, 9.17) is 20.2 Å². The van der Waals surface area contributed by atoms with Crippen LogP contribution in [0.3, 0.4) is 0 Å². The molecule has 0 heterocycles. The van der Waals surface area contributed by atoms with Gasteiger partial charge in [0.1, 0.15) is 5.75 Å². The lowest BCUT2D eigenvalue weighted by molar-refractivity contribution is -0.156. The Morgan fingerprint density at radius 3 is 2.42 bits per heavy atom. The minimum atomic E-state index is 0. The molecule has 24 heavy (non-hydrogen) atoms. The Morgan fingerprint density at radius 2 is 1.88 bits per heavy atom. The van der Waals surface area contributed by atoms with Crippen molar-refractivity contribution < 1.29 is 9.47 Å². The molecule has 6 heteroatoms. The van der Waals surface area contributed by atoms with E-state index in [-0.39, 0.29) is 41.5 Å². The average molecular weight is 447 g/mol. The number of anilines is 1. The van der Waals surface area contributed by atoms with Crippen LogP contribution < -0.4 is 15.8 Å². The zero-order chi connectivity index (χ0) is 17.0. The molecule has 1 aromatic carbocycles. The van der Waals surface area contributed by atoms with Gasteiger partial charge in [-0.25, -0.2) is 4.99 Å². The molecule has 136 valence electrons. The van der Waals surface area contributed by atoms with Gasteiger partial charge in [0.05, 0.1) is 24.9 Å². The highest BCUT2D eigenvalue weighted by molar-refractivity contribution is 14.0. The van der Waals surface area contributed by atoms with Crippen LogP contribution in [0, 0.1) is 11.3 Å². The molecule has 1 aromatic rings. The molecule has 1 fully saturated rings. The molecule has 0 amide bonds. The number of nitrogens with zero attached hydrogens (tertiary/aromatic N) is 1. The summed E-state index contributed by atoms with van der Waals surface area (Å²) in [6, 6.07) is 7.85. The number of methoxy groups -OCH3 is 2. The van der Waals surface area contributed by atoms with Crippen molar-refractivity contribution in [2.24, 2.45) is 22.1 Å². The molecule has 0 bridgehead atoms. The van der Waals surface area contributed by atoms with Crippen LogP contribution in [0.25, 0.3) is 0 Å². The van der Waals surface area contributed by atoms with Crippen molar-refractivity contribution in [3.8, 4) is 5.75 Å². The van der Waals surface area contributed by atoms with Crippen LogP contribution in [0.15, 0.2) is 29.3 Å². The second-order valence-electron chi connectivity index (χ2n) is 6.24. The summed E-state index contributed by atoms with van der Waals surface area (Å²) >= 11 is 0. The van der Waals surface area contributed by atoms with Crippen molar-refractivity contribution in [1.29, 1.82) is 0 Å². The van der Waals surface area contributed by atoms with Crippen LogP contribution in [0.5, 0.6) is 5.75 Å². The second kappa shape index (κ2) is 8.89. The number of para-hydroxylation sites is 2. The smallest absolute Gasteiger partial charge is 0.193 e. The molecule has 1 saturated carbocycles. The van der Waals surface area contributed by atoms with Crippen LogP contribution in [-0.4, -0.2) is 32.3 Å². The third-order valence-electron chi connectivity index (χ3n) is 5.35. The summed E-state index contributed by atoms with van der Waals surface area (Å²) in [7, 11) is 3.43. The van der Waals surface area contributed by atoms with Crippen molar-refractivity contribution in [3.05, 3.63) is 24.3 Å². The van der Waals surface area contributed by atoms with E-state index in [2.05, 4.69) is 26.1 Å². The molecule has 0 radical (unpaired) electrons. The standard InChI is InChI=1S/C18H29N3O2.HI/c1-6-18(7-2)15(12(3)16(18)23-5)21-17(19)20-13-10-8-9-11-14(13)22-4;/h8-12,15-16H,6-7H2,1-5H3,(H3,19,20,21);1H. The lowest BCUT2D eigenvalue weighted by Crippen LogP contribution is -2.63. The molecule has 3 unspecified atom stereocenters. The highest BCUT2D eigenvalue weighted by atomic mass is 127. The summed E-state index contributed by atoms with van der Waals surface area (Å²) in [5, 5.41) is 3.16. The van der Waals surface area contributed by atoms with Crippen molar-refractivity contribution in [2.75, 3.05) is 19.5 Å². The summed E-state index contributed by atoms with van der Waals surface area (Å²) in [5.41, 5.74) is 7.06. The Kier molecular flexibility index (Phi) is 7.79. The molecule has 1 aliphatic carbocycles. The van der Waals surface area contributed by atoms with Gasteiger partial charge in [0.15, 0.2) is 5.96 Å².